The van der Waals surface area contributed by atoms with E-state index in [4.69, 9.17) is 0 Å². The van der Waals surface area contributed by atoms with Crippen molar-refractivity contribution in [2.45, 2.75) is 5.00 Å². The fourth-order valence-electron chi connectivity index (χ4n) is 1.48. The predicted octanol–water partition coefficient (Wildman–Crippen LogP) is 3.79. The molecule has 0 heterocycles. The zero-order valence-corrected chi connectivity index (χ0v) is 8.99. The summed E-state index contributed by atoms with van der Waals surface area (Å²) in [5, 5.41) is -1.72. The van der Waals surface area contributed by atoms with Gasteiger partial charge < -0.3 is 0 Å². The number of hydrogen-bond acceptors (Lipinski definition) is 1. The number of hydrogen-bond donors (Lipinski definition) is 1. The molecule has 2 heteroatoms. The van der Waals surface area contributed by atoms with Crippen molar-refractivity contribution in [3.05, 3.63) is 71.8 Å². The fourth-order valence-corrected chi connectivity index (χ4v) is 1.78. The Hall–Kier alpha value is -1.28. The minimum atomic E-state index is -1.72. The molecule has 0 nitrogen and oxygen atoms in total. The summed E-state index contributed by atoms with van der Waals surface area (Å²) < 4.78 is 14.4. The third-order valence-corrected chi connectivity index (χ3v) is 2.83. The van der Waals surface area contributed by atoms with Gasteiger partial charge in [0.15, 0.2) is 0 Å². The molecule has 0 aliphatic heterocycles. The monoisotopic (exact) mass is 218 g/mol. The number of thiol groups is 1. The van der Waals surface area contributed by atoms with Gasteiger partial charge >= 0.3 is 0 Å². The molecule has 0 radical (unpaired) electrons. The van der Waals surface area contributed by atoms with E-state index < -0.39 is 5.00 Å². The van der Waals surface area contributed by atoms with Crippen molar-refractivity contribution in [2.75, 3.05) is 0 Å². The van der Waals surface area contributed by atoms with Crippen LogP contribution < -0.4 is 0 Å². The van der Waals surface area contributed by atoms with Crippen molar-refractivity contribution in [2.24, 2.45) is 0 Å². The molecule has 2 aromatic rings. The second-order valence-electron chi connectivity index (χ2n) is 3.35. The lowest BCUT2D eigenvalue weighted by molar-refractivity contribution is 0.357. The molecule has 0 atom stereocenters. The average Bonchev–Trinajstić information content (AvgIpc) is 2.31. The van der Waals surface area contributed by atoms with Gasteiger partial charge in [0.2, 0.25) is 5.00 Å². The molecule has 2 rings (SSSR count). The molecule has 0 bridgehead atoms. The quantitative estimate of drug-likeness (QED) is 0.728. The average molecular weight is 218 g/mol. The molecule has 0 unspecified atom stereocenters. The van der Waals surface area contributed by atoms with E-state index in [1.165, 1.54) is 0 Å². The highest BCUT2D eigenvalue weighted by molar-refractivity contribution is 7.81. The van der Waals surface area contributed by atoms with Crippen molar-refractivity contribution in [1.29, 1.82) is 0 Å². The van der Waals surface area contributed by atoms with Crippen LogP contribution >= 0.6 is 12.6 Å². The molecule has 76 valence electrons. The predicted molar refractivity (Wildman–Crippen MR) is 63.8 cm³/mol. The maximum atomic E-state index is 14.4. The highest BCUT2D eigenvalue weighted by atomic mass is 32.1. The highest BCUT2D eigenvalue weighted by Gasteiger charge is 2.28. The van der Waals surface area contributed by atoms with Crippen LogP contribution in [0.25, 0.3) is 0 Å². The lowest BCUT2D eigenvalue weighted by Crippen LogP contribution is -2.13. The second-order valence-corrected chi connectivity index (χ2v) is 3.97. The van der Waals surface area contributed by atoms with Gasteiger partial charge in [-0.3, -0.25) is 0 Å². The molecule has 0 N–H and O–H groups in total. The van der Waals surface area contributed by atoms with Crippen molar-refractivity contribution >= 4 is 12.6 Å². The zero-order valence-electron chi connectivity index (χ0n) is 8.10. The summed E-state index contributed by atoms with van der Waals surface area (Å²) in [7, 11) is 0. The van der Waals surface area contributed by atoms with E-state index in [1.807, 2.05) is 36.4 Å². The molecule has 0 spiro atoms. The molecular weight excluding hydrogens is 207 g/mol. The molecule has 0 aromatic heterocycles. The summed E-state index contributed by atoms with van der Waals surface area (Å²) in [6, 6.07) is 17.9. The van der Waals surface area contributed by atoms with E-state index in [2.05, 4.69) is 12.6 Å². The summed E-state index contributed by atoms with van der Waals surface area (Å²) in [5.41, 5.74) is 1.11. The molecule has 0 aliphatic carbocycles. The lowest BCUT2D eigenvalue weighted by atomic mass is 10.0. The van der Waals surface area contributed by atoms with Crippen LogP contribution in [0.4, 0.5) is 4.39 Å². The van der Waals surface area contributed by atoms with E-state index in [0.29, 0.717) is 11.1 Å². The smallest absolute Gasteiger partial charge is 0.204 e. The van der Waals surface area contributed by atoms with Crippen LogP contribution in [-0.4, -0.2) is 0 Å². The van der Waals surface area contributed by atoms with E-state index in [-0.39, 0.29) is 0 Å². The number of benzene rings is 2. The summed E-state index contributed by atoms with van der Waals surface area (Å²) in [5.74, 6) is 0. The largest absolute Gasteiger partial charge is 0.222 e. The minimum absolute atomic E-state index is 0.555. The molecular formula is C13H11FS. The Labute approximate surface area is 94.2 Å². The first kappa shape index (κ1) is 10.2. The normalized spacial score (nSPS) is 11.3. The van der Waals surface area contributed by atoms with Gasteiger partial charge in [0.25, 0.3) is 0 Å². The lowest BCUT2D eigenvalue weighted by Gasteiger charge is -2.20. The molecule has 2 aromatic carbocycles. The molecule has 0 fully saturated rings. The van der Waals surface area contributed by atoms with Gasteiger partial charge in [-0.15, -0.1) is 12.6 Å². The van der Waals surface area contributed by atoms with Gasteiger partial charge in [-0.1, -0.05) is 60.7 Å². The maximum absolute atomic E-state index is 14.4. The van der Waals surface area contributed by atoms with Crippen LogP contribution in [0.15, 0.2) is 60.7 Å². The first-order valence-electron chi connectivity index (χ1n) is 4.73. The number of alkyl halides is 1. The summed E-state index contributed by atoms with van der Waals surface area (Å²) >= 11 is 4.10. The van der Waals surface area contributed by atoms with E-state index in [1.54, 1.807) is 24.3 Å². The van der Waals surface area contributed by atoms with Crippen molar-refractivity contribution in [3.8, 4) is 0 Å². The van der Waals surface area contributed by atoms with Gasteiger partial charge in [-0.05, 0) is 0 Å². The molecule has 0 saturated carbocycles. The Bertz CT molecular complexity index is 381. The van der Waals surface area contributed by atoms with Crippen LogP contribution in [0, 0.1) is 0 Å². The highest BCUT2D eigenvalue weighted by Crippen LogP contribution is 2.37. The minimum Gasteiger partial charge on any atom is -0.222 e. The number of halogens is 1. The molecule has 0 saturated heterocycles. The Morgan fingerprint density at radius 1 is 0.733 bits per heavy atom. The van der Waals surface area contributed by atoms with Gasteiger partial charge in [-0.25, -0.2) is 4.39 Å². The standard InChI is InChI=1S/C13H11FS/c14-13(15,11-7-3-1-4-8-11)12-9-5-2-6-10-12/h1-10,15H. The Morgan fingerprint density at radius 2 is 1.07 bits per heavy atom. The topological polar surface area (TPSA) is 0 Å². The SMILES string of the molecule is FC(S)(c1ccccc1)c1ccccc1. The Morgan fingerprint density at radius 3 is 1.40 bits per heavy atom. The second kappa shape index (κ2) is 4.07. The Balaban J connectivity index is 2.44. The van der Waals surface area contributed by atoms with Crippen LogP contribution in [-0.2, 0) is 5.00 Å². The van der Waals surface area contributed by atoms with E-state index >= 15 is 0 Å². The van der Waals surface area contributed by atoms with Crippen molar-refractivity contribution in [1.82, 2.24) is 0 Å². The third-order valence-electron chi connectivity index (χ3n) is 2.31. The molecule has 0 aliphatic rings. The maximum Gasteiger partial charge on any atom is 0.204 e. The van der Waals surface area contributed by atoms with Gasteiger partial charge in [0, 0.05) is 11.1 Å². The van der Waals surface area contributed by atoms with Crippen LogP contribution in [0.3, 0.4) is 0 Å². The van der Waals surface area contributed by atoms with E-state index in [9.17, 15) is 4.39 Å². The van der Waals surface area contributed by atoms with Crippen LogP contribution in [0.5, 0.6) is 0 Å². The fraction of sp³-hybridized carbons (Fsp3) is 0.0769. The summed E-state index contributed by atoms with van der Waals surface area (Å²) in [6.45, 7) is 0. The van der Waals surface area contributed by atoms with Gasteiger partial charge in [0.05, 0.1) is 0 Å². The van der Waals surface area contributed by atoms with Gasteiger partial charge in [-0.2, -0.15) is 0 Å². The number of rotatable bonds is 2. The van der Waals surface area contributed by atoms with Crippen LogP contribution in [0.2, 0.25) is 0 Å². The summed E-state index contributed by atoms with van der Waals surface area (Å²) in [4.78, 5) is 0. The summed E-state index contributed by atoms with van der Waals surface area (Å²) in [6.07, 6.45) is 0. The zero-order chi connectivity index (χ0) is 10.7. The third kappa shape index (κ3) is 2.05. The van der Waals surface area contributed by atoms with Gasteiger partial charge in [0.1, 0.15) is 0 Å². The first-order chi connectivity index (χ1) is 7.21. The van der Waals surface area contributed by atoms with Crippen molar-refractivity contribution < 1.29 is 4.39 Å². The van der Waals surface area contributed by atoms with Crippen LogP contribution in [0.1, 0.15) is 11.1 Å². The Kier molecular flexibility index (Phi) is 2.78. The van der Waals surface area contributed by atoms with Crippen molar-refractivity contribution in [3.63, 3.8) is 0 Å². The van der Waals surface area contributed by atoms with E-state index in [0.717, 1.165) is 0 Å². The molecule has 15 heavy (non-hydrogen) atoms. The molecule has 0 amide bonds. The first-order valence-corrected chi connectivity index (χ1v) is 5.18.